The number of urea groups is 1. The third-order valence-electron chi connectivity index (χ3n) is 4.08. The molecule has 1 aliphatic heterocycles. The van der Waals surface area contributed by atoms with Gasteiger partial charge < -0.3 is 14.9 Å². The van der Waals surface area contributed by atoms with Gasteiger partial charge >= 0.3 is 12.0 Å². The summed E-state index contributed by atoms with van der Waals surface area (Å²) in [4.78, 5) is 38.4. The Bertz CT molecular complexity index is 1170. The SMILES string of the molecule is NC(=O)N1C(=O)C(=C(OC(=O)c2ccco2)c2cccs2)c2cc(F)c(Cl)cc21. The number of thiophene rings is 1. The highest BCUT2D eigenvalue weighted by Crippen LogP contribution is 2.44. The molecule has 0 radical (unpaired) electrons. The predicted octanol–water partition coefficient (Wildman–Crippen LogP) is 4.28. The number of fused-ring (bicyclic) bond motifs is 1. The maximum Gasteiger partial charge on any atom is 0.379 e. The fourth-order valence-corrected chi connectivity index (χ4v) is 3.74. The van der Waals surface area contributed by atoms with Gasteiger partial charge in [0.2, 0.25) is 5.76 Å². The van der Waals surface area contributed by atoms with Gasteiger partial charge in [-0.2, -0.15) is 0 Å². The van der Waals surface area contributed by atoms with E-state index in [1.54, 1.807) is 17.5 Å². The Balaban J connectivity index is 1.95. The fourth-order valence-electron chi connectivity index (χ4n) is 2.87. The number of halogens is 2. The van der Waals surface area contributed by atoms with Crippen LogP contribution in [0, 0.1) is 5.82 Å². The molecule has 0 fully saturated rings. The van der Waals surface area contributed by atoms with Crippen molar-refractivity contribution in [1.29, 1.82) is 0 Å². The zero-order valence-electron chi connectivity index (χ0n) is 14.3. The van der Waals surface area contributed by atoms with Gasteiger partial charge in [-0.3, -0.25) is 4.79 Å². The molecule has 0 aliphatic carbocycles. The summed E-state index contributed by atoms with van der Waals surface area (Å²) in [5.41, 5.74) is 5.15. The minimum atomic E-state index is -1.09. The first kappa shape index (κ1) is 18.9. The molecule has 2 N–H and O–H groups in total. The molecule has 0 spiro atoms. The van der Waals surface area contributed by atoms with E-state index >= 15 is 0 Å². The van der Waals surface area contributed by atoms with E-state index in [1.807, 2.05) is 0 Å². The van der Waals surface area contributed by atoms with Crippen molar-refractivity contribution in [2.75, 3.05) is 4.90 Å². The van der Waals surface area contributed by atoms with E-state index in [2.05, 4.69) is 0 Å². The third kappa shape index (κ3) is 3.20. The van der Waals surface area contributed by atoms with Crippen molar-refractivity contribution in [3.05, 3.63) is 75.1 Å². The average molecular weight is 433 g/mol. The molecule has 1 aromatic carbocycles. The number of benzene rings is 1. The minimum Gasteiger partial charge on any atom is -0.457 e. The van der Waals surface area contributed by atoms with E-state index < -0.39 is 23.7 Å². The molecule has 7 nitrogen and oxygen atoms in total. The second-order valence-electron chi connectivity index (χ2n) is 5.81. The molecule has 146 valence electrons. The maximum atomic E-state index is 14.2. The molecule has 3 amide bonds. The number of carbonyl (C=O) groups is 3. The Morgan fingerprint density at radius 1 is 1.24 bits per heavy atom. The number of nitrogens with two attached hydrogens (primary N) is 1. The number of hydrogen-bond donors (Lipinski definition) is 1. The molecule has 10 heteroatoms. The van der Waals surface area contributed by atoms with Crippen molar-refractivity contribution in [1.82, 2.24) is 0 Å². The summed E-state index contributed by atoms with van der Waals surface area (Å²) >= 11 is 6.99. The van der Waals surface area contributed by atoms with Gasteiger partial charge in [0.25, 0.3) is 5.91 Å². The fraction of sp³-hybridized carbons (Fsp3) is 0. The second-order valence-corrected chi connectivity index (χ2v) is 7.17. The Hall–Kier alpha value is -3.43. The summed E-state index contributed by atoms with van der Waals surface area (Å²) in [5, 5.41) is 1.40. The lowest BCUT2D eigenvalue weighted by atomic mass is 10.0. The van der Waals surface area contributed by atoms with E-state index in [0.29, 0.717) is 9.78 Å². The first-order valence-corrected chi connectivity index (χ1v) is 9.31. The van der Waals surface area contributed by atoms with Crippen molar-refractivity contribution >= 4 is 57.9 Å². The van der Waals surface area contributed by atoms with Crippen molar-refractivity contribution in [3.8, 4) is 0 Å². The first-order chi connectivity index (χ1) is 13.9. The van der Waals surface area contributed by atoms with Crippen LogP contribution in [-0.4, -0.2) is 17.9 Å². The molecular formula is C19H10ClFN2O5S. The number of esters is 1. The van der Waals surface area contributed by atoms with Crippen LogP contribution in [0.2, 0.25) is 5.02 Å². The summed E-state index contributed by atoms with van der Waals surface area (Å²) in [6.45, 7) is 0. The number of amides is 3. The zero-order valence-corrected chi connectivity index (χ0v) is 15.9. The number of furan rings is 1. The van der Waals surface area contributed by atoms with Gasteiger partial charge in [0.15, 0.2) is 5.76 Å². The maximum absolute atomic E-state index is 14.2. The van der Waals surface area contributed by atoms with E-state index in [9.17, 15) is 18.8 Å². The van der Waals surface area contributed by atoms with Crippen LogP contribution in [0.3, 0.4) is 0 Å². The largest absolute Gasteiger partial charge is 0.457 e. The van der Waals surface area contributed by atoms with Crippen LogP contribution >= 0.6 is 22.9 Å². The van der Waals surface area contributed by atoms with E-state index in [-0.39, 0.29) is 33.4 Å². The van der Waals surface area contributed by atoms with Gasteiger partial charge in [-0.25, -0.2) is 18.9 Å². The summed E-state index contributed by atoms with van der Waals surface area (Å²) in [7, 11) is 0. The van der Waals surface area contributed by atoms with Crippen LogP contribution in [0.4, 0.5) is 14.9 Å². The number of rotatable bonds is 3. The van der Waals surface area contributed by atoms with Gasteiger partial charge in [-0.15, -0.1) is 11.3 Å². The van der Waals surface area contributed by atoms with Crippen molar-refractivity contribution in [2.24, 2.45) is 5.73 Å². The molecular weight excluding hydrogens is 423 g/mol. The highest BCUT2D eigenvalue weighted by Gasteiger charge is 2.40. The third-order valence-corrected chi connectivity index (χ3v) is 5.23. The van der Waals surface area contributed by atoms with Gasteiger partial charge in [0.1, 0.15) is 5.82 Å². The first-order valence-electron chi connectivity index (χ1n) is 8.05. The quantitative estimate of drug-likeness (QED) is 0.378. The Kier molecular flexibility index (Phi) is 4.69. The molecule has 29 heavy (non-hydrogen) atoms. The average Bonchev–Trinajstić information content (AvgIpc) is 3.41. The second kappa shape index (κ2) is 7.19. The van der Waals surface area contributed by atoms with Crippen LogP contribution in [0.1, 0.15) is 21.0 Å². The van der Waals surface area contributed by atoms with Gasteiger partial charge in [0, 0.05) is 5.56 Å². The molecule has 0 saturated carbocycles. The number of anilines is 1. The zero-order chi connectivity index (χ0) is 20.7. The lowest BCUT2D eigenvalue weighted by Gasteiger charge is -2.12. The standard InChI is InChI=1S/C19H10ClFN2O5S/c20-10-8-12-9(7-11(10)21)15(17(24)23(12)19(22)26)16(14-4-2-6-29-14)28-18(25)13-3-1-5-27-13/h1-8H,(H2,22,26). The lowest BCUT2D eigenvalue weighted by molar-refractivity contribution is -0.112. The summed E-state index contributed by atoms with van der Waals surface area (Å²) in [5.74, 6) is -2.81. The van der Waals surface area contributed by atoms with Gasteiger partial charge in [-0.1, -0.05) is 17.7 Å². The molecule has 0 saturated heterocycles. The molecule has 3 aromatic rings. The summed E-state index contributed by atoms with van der Waals surface area (Å²) in [6.07, 6.45) is 1.29. The molecule has 2 aromatic heterocycles. The van der Waals surface area contributed by atoms with Gasteiger partial charge in [0.05, 0.1) is 27.4 Å². The van der Waals surface area contributed by atoms with E-state index in [1.165, 1.54) is 29.7 Å². The Morgan fingerprint density at radius 2 is 2.03 bits per heavy atom. The predicted molar refractivity (Wildman–Crippen MR) is 104 cm³/mol. The topological polar surface area (TPSA) is 103 Å². The number of nitrogens with zero attached hydrogens (tertiary/aromatic N) is 1. The number of hydrogen-bond acceptors (Lipinski definition) is 6. The highest BCUT2D eigenvalue weighted by atomic mass is 35.5. The molecule has 0 unspecified atom stereocenters. The molecule has 0 atom stereocenters. The molecule has 0 bridgehead atoms. The van der Waals surface area contributed by atoms with E-state index in [4.69, 9.17) is 26.5 Å². The van der Waals surface area contributed by atoms with Crippen LogP contribution in [0.25, 0.3) is 11.3 Å². The normalized spacial score (nSPS) is 14.7. The lowest BCUT2D eigenvalue weighted by Crippen LogP contribution is -2.38. The van der Waals surface area contributed by atoms with Crippen molar-refractivity contribution in [3.63, 3.8) is 0 Å². The molecule has 4 rings (SSSR count). The summed E-state index contributed by atoms with van der Waals surface area (Å²) < 4.78 is 24.7. The van der Waals surface area contributed by atoms with Crippen LogP contribution < -0.4 is 10.6 Å². The Labute approximate surface area is 171 Å². The minimum absolute atomic E-state index is 0.00740. The van der Waals surface area contributed by atoms with E-state index in [0.717, 1.165) is 12.1 Å². The van der Waals surface area contributed by atoms with Crippen LogP contribution in [-0.2, 0) is 9.53 Å². The monoisotopic (exact) mass is 432 g/mol. The molecule has 3 heterocycles. The summed E-state index contributed by atoms with van der Waals surface area (Å²) in [6, 6.07) is 7.18. The molecule has 1 aliphatic rings. The van der Waals surface area contributed by atoms with Crippen LogP contribution in [0.15, 0.2) is 52.5 Å². The number of imide groups is 1. The van der Waals surface area contributed by atoms with Crippen LogP contribution in [0.5, 0.6) is 0 Å². The Morgan fingerprint density at radius 3 is 2.66 bits per heavy atom. The smallest absolute Gasteiger partial charge is 0.379 e. The highest BCUT2D eigenvalue weighted by molar-refractivity contribution is 7.11. The number of ether oxygens (including phenoxy) is 1. The van der Waals surface area contributed by atoms with Crippen molar-refractivity contribution in [2.45, 2.75) is 0 Å². The number of primary amides is 1. The van der Waals surface area contributed by atoms with Gasteiger partial charge in [-0.05, 0) is 35.7 Å². The number of carbonyl (C=O) groups excluding carboxylic acids is 3. The van der Waals surface area contributed by atoms with Crippen molar-refractivity contribution < 1.29 is 27.9 Å².